The third kappa shape index (κ3) is 1.40. The fourth-order valence-electron chi connectivity index (χ4n) is 1.49. The second-order valence-corrected chi connectivity index (χ2v) is 5.37. The fraction of sp³-hybridized carbons (Fsp3) is 0.0909. The largest absolute Gasteiger partial charge is 0.397 e. The predicted octanol–water partition coefficient (Wildman–Crippen LogP) is 3.31. The molecule has 0 aliphatic heterocycles. The van der Waals surface area contributed by atoms with Crippen molar-refractivity contribution in [2.75, 3.05) is 5.73 Å². The van der Waals surface area contributed by atoms with E-state index in [9.17, 15) is 0 Å². The normalized spacial score (nSPS) is 11.1. The van der Waals surface area contributed by atoms with E-state index in [1.807, 2.05) is 19.1 Å². The van der Waals surface area contributed by atoms with Gasteiger partial charge in [0.2, 0.25) is 0 Å². The van der Waals surface area contributed by atoms with E-state index >= 15 is 0 Å². The van der Waals surface area contributed by atoms with Gasteiger partial charge in [0.05, 0.1) is 10.6 Å². The first-order chi connectivity index (χ1) is 7.75. The third-order valence-corrected chi connectivity index (χ3v) is 4.63. The smallest absolute Gasteiger partial charge is 0.143 e. The van der Waals surface area contributed by atoms with Crippen LogP contribution >= 0.6 is 22.7 Å². The lowest BCUT2D eigenvalue weighted by Gasteiger charge is -1.93. The van der Waals surface area contributed by atoms with Crippen molar-refractivity contribution >= 4 is 38.7 Å². The standard InChI is InChI=1S/C11H9N3S2/c1-6-5-15-9(8(6)12)11-14-7-3-2-4-13-10(7)16-11/h2-5H,12H2,1H3. The van der Waals surface area contributed by atoms with Gasteiger partial charge in [-0.3, -0.25) is 0 Å². The van der Waals surface area contributed by atoms with E-state index in [1.165, 1.54) is 0 Å². The van der Waals surface area contributed by atoms with E-state index in [0.717, 1.165) is 31.5 Å². The van der Waals surface area contributed by atoms with Crippen LogP contribution in [-0.4, -0.2) is 9.97 Å². The molecule has 0 saturated heterocycles. The van der Waals surface area contributed by atoms with Gasteiger partial charge in [-0.25, -0.2) is 9.97 Å². The number of aryl methyl sites for hydroxylation is 1. The molecular formula is C11H9N3S2. The molecule has 0 spiro atoms. The maximum absolute atomic E-state index is 6.01. The predicted molar refractivity (Wildman–Crippen MR) is 69.9 cm³/mol. The van der Waals surface area contributed by atoms with Crippen molar-refractivity contribution in [2.24, 2.45) is 0 Å². The Kier molecular flexibility index (Phi) is 2.15. The second-order valence-electron chi connectivity index (χ2n) is 3.51. The van der Waals surface area contributed by atoms with Gasteiger partial charge in [-0.15, -0.1) is 11.3 Å². The highest BCUT2D eigenvalue weighted by molar-refractivity contribution is 7.25. The molecule has 0 radical (unpaired) electrons. The summed E-state index contributed by atoms with van der Waals surface area (Å²) in [4.78, 5) is 10.8. The Morgan fingerprint density at radius 2 is 2.25 bits per heavy atom. The zero-order valence-corrected chi connectivity index (χ0v) is 10.2. The molecule has 0 bridgehead atoms. The van der Waals surface area contributed by atoms with Crippen molar-refractivity contribution in [3.05, 3.63) is 29.3 Å². The lowest BCUT2D eigenvalue weighted by atomic mass is 10.3. The summed E-state index contributed by atoms with van der Waals surface area (Å²) in [7, 11) is 0. The van der Waals surface area contributed by atoms with E-state index in [2.05, 4.69) is 15.3 Å². The van der Waals surface area contributed by atoms with E-state index in [0.29, 0.717) is 0 Å². The van der Waals surface area contributed by atoms with E-state index in [-0.39, 0.29) is 0 Å². The Balaban J connectivity index is 2.23. The van der Waals surface area contributed by atoms with Gasteiger partial charge in [-0.1, -0.05) is 11.3 Å². The number of rotatable bonds is 1. The average Bonchev–Trinajstić information content (AvgIpc) is 2.84. The molecule has 3 aromatic rings. The number of thiazole rings is 1. The molecule has 3 heterocycles. The maximum Gasteiger partial charge on any atom is 0.143 e. The first-order valence-electron chi connectivity index (χ1n) is 4.81. The van der Waals surface area contributed by atoms with Gasteiger partial charge in [0, 0.05) is 6.20 Å². The van der Waals surface area contributed by atoms with Gasteiger partial charge in [-0.2, -0.15) is 0 Å². The van der Waals surface area contributed by atoms with Crippen LogP contribution in [0, 0.1) is 6.92 Å². The number of aromatic nitrogens is 2. The van der Waals surface area contributed by atoms with Crippen LogP contribution in [0.2, 0.25) is 0 Å². The minimum absolute atomic E-state index is 0.837. The van der Waals surface area contributed by atoms with E-state index in [1.54, 1.807) is 28.9 Å². The fourth-order valence-corrected chi connectivity index (χ4v) is 3.47. The summed E-state index contributed by atoms with van der Waals surface area (Å²) in [5, 5.41) is 3.02. The molecule has 3 rings (SSSR count). The van der Waals surface area contributed by atoms with Crippen LogP contribution < -0.4 is 5.73 Å². The van der Waals surface area contributed by atoms with Gasteiger partial charge in [-0.05, 0) is 30.0 Å². The summed E-state index contributed by atoms with van der Waals surface area (Å²) in [6.07, 6.45) is 1.79. The minimum atomic E-state index is 0.837. The molecule has 0 atom stereocenters. The number of anilines is 1. The molecule has 16 heavy (non-hydrogen) atoms. The number of hydrogen-bond acceptors (Lipinski definition) is 5. The van der Waals surface area contributed by atoms with Crippen molar-refractivity contribution in [2.45, 2.75) is 6.92 Å². The molecule has 0 aliphatic rings. The van der Waals surface area contributed by atoms with Crippen LogP contribution in [0.3, 0.4) is 0 Å². The van der Waals surface area contributed by atoms with Gasteiger partial charge < -0.3 is 5.73 Å². The van der Waals surface area contributed by atoms with Gasteiger partial charge in [0.15, 0.2) is 0 Å². The summed E-state index contributed by atoms with van der Waals surface area (Å²) >= 11 is 3.23. The van der Waals surface area contributed by atoms with Crippen molar-refractivity contribution in [3.63, 3.8) is 0 Å². The Hall–Kier alpha value is -1.46. The van der Waals surface area contributed by atoms with Crippen molar-refractivity contribution < 1.29 is 0 Å². The van der Waals surface area contributed by atoms with Crippen LogP contribution in [0.4, 0.5) is 5.69 Å². The molecular weight excluding hydrogens is 238 g/mol. The molecule has 5 heteroatoms. The van der Waals surface area contributed by atoms with E-state index in [4.69, 9.17) is 5.73 Å². The molecule has 3 aromatic heterocycles. The highest BCUT2D eigenvalue weighted by Gasteiger charge is 2.12. The van der Waals surface area contributed by atoms with Crippen molar-refractivity contribution in [3.8, 4) is 9.88 Å². The maximum atomic E-state index is 6.01. The molecule has 3 nitrogen and oxygen atoms in total. The number of pyridine rings is 1. The summed E-state index contributed by atoms with van der Waals surface area (Å²) in [5.74, 6) is 0. The number of nitrogens with zero attached hydrogens (tertiary/aromatic N) is 2. The first kappa shape index (κ1) is 9.74. The summed E-state index contributed by atoms with van der Waals surface area (Å²) < 4.78 is 0. The third-order valence-electron chi connectivity index (χ3n) is 2.38. The molecule has 2 N–H and O–H groups in total. The Morgan fingerprint density at radius 1 is 1.38 bits per heavy atom. The van der Waals surface area contributed by atoms with Crippen molar-refractivity contribution in [1.82, 2.24) is 9.97 Å². The quantitative estimate of drug-likeness (QED) is 0.717. The van der Waals surface area contributed by atoms with Crippen molar-refractivity contribution in [1.29, 1.82) is 0 Å². The summed E-state index contributed by atoms with van der Waals surface area (Å²) in [5.41, 5.74) is 8.91. The molecule has 80 valence electrons. The molecule has 0 amide bonds. The van der Waals surface area contributed by atoms with Gasteiger partial charge in [0.1, 0.15) is 15.4 Å². The lowest BCUT2D eigenvalue weighted by molar-refractivity contribution is 1.41. The number of nitrogen functional groups attached to an aromatic ring is 1. The van der Waals surface area contributed by atoms with Crippen LogP contribution in [0.1, 0.15) is 5.56 Å². The molecule has 0 unspecified atom stereocenters. The number of nitrogens with two attached hydrogens (primary N) is 1. The zero-order chi connectivity index (χ0) is 11.1. The number of thiophene rings is 1. The Bertz CT molecular complexity index is 621. The Labute approximate surface area is 101 Å². The number of fused-ring (bicyclic) bond motifs is 1. The minimum Gasteiger partial charge on any atom is -0.397 e. The summed E-state index contributed by atoms with van der Waals surface area (Å²) in [6, 6.07) is 3.87. The second kappa shape index (κ2) is 3.54. The Morgan fingerprint density at radius 3 is 2.94 bits per heavy atom. The van der Waals surface area contributed by atoms with Crippen LogP contribution in [0.15, 0.2) is 23.7 Å². The summed E-state index contributed by atoms with van der Waals surface area (Å²) in [6.45, 7) is 2.01. The molecule has 0 aliphatic carbocycles. The molecule has 0 aromatic carbocycles. The number of hydrogen-bond donors (Lipinski definition) is 1. The van der Waals surface area contributed by atoms with Gasteiger partial charge >= 0.3 is 0 Å². The molecule has 0 fully saturated rings. The molecule has 0 saturated carbocycles. The zero-order valence-electron chi connectivity index (χ0n) is 8.60. The monoisotopic (exact) mass is 247 g/mol. The van der Waals surface area contributed by atoms with Crippen LogP contribution in [-0.2, 0) is 0 Å². The lowest BCUT2D eigenvalue weighted by Crippen LogP contribution is -1.86. The van der Waals surface area contributed by atoms with Gasteiger partial charge in [0.25, 0.3) is 0 Å². The highest BCUT2D eigenvalue weighted by atomic mass is 32.1. The van der Waals surface area contributed by atoms with Crippen LogP contribution in [0.5, 0.6) is 0 Å². The average molecular weight is 247 g/mol. The van der Waals surface area contributed by atoms with Crippen LogP contribution in [0.25, 0.3) is 20.2 Å². The highest BCUT2D eigenvalue weighted by Crippen LogP contribution is 2.38. The first-order valence-corrected chi connectivity index (χ1v) is 6.51. The SMILES string of the molecule is Cc1csc(-c2nc3cccnc3s2)c1N. The topological polar surface area (TPSA) is 51.8 Å². The van der Waals surface area contributed by atoms with E-state index < -0.39 is 0 Å².